The van der Waals surface area contributed by atoms with Crippen LogP contribution in [0.25, 0.3) is 0 Å². The van der Waals surface area contributed by atoms with Crippen molar-refractivity contribution in [1.29, 1.82) is 0 Å². The number of benzene rings is 1. The molecule has 4 nitrogen and oxygen atoms in total. The van der Waals surface area contributed by atoms with Gasteiger partial charge in [0.2, 0.25) is 0 Å². The Morgan fingerprint density at radius 1 is 1.15 bits per heavy atom. The molecule has 1 aromatic carbocycles. The molecule has 3 rings (SSSR count). The first-order valence-corrected chi connectivity index (χ1v) is 7.30. The van der Waals surface area contributed by atoms with Crippen LogP contribution in [-0.4, -0.2) is 24.5 Å². The Balaban J connectivity index is 1.57. The molecule has 4 heteroatoms. The van der Waals surface area contributed by atoms with Crippen molar-refractivity contribution in [2.45, 2.75) is 44.6 Å². The molecule has 0 aliphatic heterocycles. The average molecular weight is 273 g/mol. The highest BCUT2D eigenvalue weighted by atomic mass is 16.5. The molecule has 0 unspecified atom stereocenters. The lowest BCUT2D eigenvalue weighted by Gasteiger charge is -2.16. The van der Waals surface area contributed by atoms with E-state index in [1.807, 2.05) is 12.1 Å². The number of ether oxygens (including phenoxy) is 1. The molecule has 1 saturated carbocycles. The van der Waals surface area contributed by atoms with Gasteiger partial charge < -0.3 is 10.1 Å². The van der Waals surface area contributed by atoms with Crippen LogP contribution in [0.1, 0.15) is 47.2 Å². The van der Waals surface area contributed by atoms with E-state index < -0.39 is 5.97 Å². The number of esters is 1. The van der Waals surface area contributed by atoms with Crippen molar-refractivity contribution in [3.05, 3.63) is 34.9 Å². The molecule has 1 aromatic rings. The quantitative estimate of drug-likeness (QED) is 0.854. The van der Waals surface area contributed by atoms with Gasteiger partial charge in [0, 0.05) is 6.04 Å². The van der Waals surface area contributed by atoms with Gasteiger partial charge in [-0.25, -0.2) is 4.79 Å². The lowest BCUT2D eigenvalue weighted by atomic mass is 9.90. The van der Waals surface area contributed by atoms with Gasteiger partial charge in [0.05, 0.1) is 5.56 Å². The summed E-state index contributed by atoms with van der Waals surface area (Å²) in [6.07, 6.45) is 6.58. The molecular weight excluding hydrogens is 254 g/mol. The third-order valence-corrected chi connectivity index (χ3v) is 3.86. The first-order valence-electron chi connectivity index (χ1n) is 7.30. The van der Waals surface area contributed by atoms with Crippen LogP contribution in [0, 0.1) is 0 Å². The van der Waals surface area contributed by atoms with E-state index in [0.29, 0.717) is 11.6 Å². The van der Waals surface area contributed by atoms with Crippen LogP contribution in [0.2, 0.25) is 0 Å². The molecular formula is C16H19NO3. The van der Waals surface area contributed by atoms with Crippen LogP contribution in [-0.2, 0) is 22.4 Å². The third-order valence-electron chi connectivity index (χ3n) is 3.86. The fourth-order valence-corrected chi connectivity index (χ4v) is 2.57. The largest absolute Gasteiger partial charge is 0.452 e. The molecule has 0 saturated heterocycles. The molecule has 2 aliphatic rings. The number of aryl methyl sites for hydroxylation is 2. The zero-order valence-corrected chi connectivity index (χ0v) is 11.5. The highest BCUT2D eigenvalue weighted by Crippen LogP contribution is 2.22. The van der Waals surface area contributed by atoms with E-state index in [0.717, 1.165) is 25.7 Å². The number of amides is 1. The number of rotatable bonds is 4. The fraction of sp³-hybridized carbons (Fsp3) is 0.500. The first-order chi connectivity index (χ1) is 9.72. The Morgan fingerprint density at radius 2 is 1.90 bits per heavy atom. The van der Waals surface area contributed by atoms with E-state index in [2.05, 4.69) is 5.32 Å². The predicted molar refractivity (Wildman–Crippen MR) is 74.5 cm³/mol. The van der Waals surface area contributed by atoms with Crippen molar-refractivity contribution < 1.29 is 14.3 Å². The minimum atomic E-state index is -0.413. The van der Waals surface area contributed by atoms with E-state index in [9.17, 15) is 9.59 Å². The molecule has 106 valence electrons. The Morgan fingerprint density at radius 3 is 2.65 bits per heavy atom. The second kappa shape index (κ2) is 5.65. The molecule has 0 bridgehead atoms. The maximum absolute atomic E-state index is 11.9. The van der Waals surface area contributed by atoms with Crippen LogP contribution in [0.15, 0.2) is 18.2 Å². The summed E-state index contributed by atoms with van der Waals surface area (Å²) < 4.78 is 5.06. The van der Waals surface area contributed by atoms with Gasteiger partial charge in [-0.05, 0) is 61.8 Å². The molecule has 1 fully saturated rings. The van der Waals surface area contributed by atoms with Crippen LogP contribution in [0.3, 0.4) is 0 Å². The van der Waals surface area contributed by atoms with Crippen molar-refractivity contribution in [2.24, 2.45) is 0 Å². The minimum Gasteiger partial charge on any atom is -0.452 e. The summed E-state index contributed by atoms with van der Waals surface area (Å²) in [5.41, 5.74) is 3.12. The van der Waals surface area contributed by atoms with E-state index in [1.54, 1.807) is 6.07 Å². The van der Waals surface area contributed by atoms with Crippen molar-refractivity contribution in [2.75, 3.05) is 6.61 Å². The molecule has 0 radical (unpaired) electrons. The second-order valence-electron chi connectivity index (χ2n) is 5.61. The molecule has 2 aliphatic carbocycles. The van der Waals surface area contributed by atoms with Crippen LogP contribution in [0.4, 0.5) is 0 Å². The van der Waals surface area contributed by atoms with E-state index in [4.69, 9.17) is 4.74 Å². The van der Waals surface area contributed by atoms with Crippen LogP contribution >= 0.6 is 0 Å². The lowest BCUT2D eigenvalue weighted by Crippen LogP contribution is -2.30. The third kappa shape index (κ3) is 3.18. The van der Waals surface area contributed by atoms with Gasteiger partial charge in [0.15, 0.2) is 6.61 Å². The first kappa shape index (κ1) is 13.2. The zero-order valence-electron chi connectivity index (χ0n) is 11.5. The van der Waals surface area contributed by atoms with Crippen molar-refractivity contribution in [3.8, 4) is 0 Å². The summed E-state index contributed by atoms with van der Waals surface area (Å²) in [5, 5.41) is 2.79. The minimum absolute atomic E-state index is 0.188. The molecule has 1 amide bonds. The monoisotopic (exact) mass is 273 g/mol. The van der Waals surface area contributed by atoms with Gasteiger partial charge in [0.1, 0.15) is 0 Å². The van der Waals surface area contributed by atoms with Gasteiger partial charge >= 0.3 is 5.97 Å². The summed E-state index contributed by atoms with van der Waals surface area (Å²) in [5.74, 6) is -0.622. The normalized spacial score (nSPS) is 17.2. The Bertz CT molecular complexity index is 535. The maximum atomic E-state index is 11.9. The summed E-state index contributed by atoms with van der Waals surface area (Å²) >= 11 is 0. The Hall–Kier alpha value is -1.84. The van der Waals surface area contributed by atoms with E-state index in [-0.39, 0.29) is 12.5 Å². The van der Waals surface area contributed by atoms with E-state index in [1.165, 1.54) is 24.0 Å². The zero-order chi connectivity index (χ0) is 13.9. The number of hydrogen-bond acceptors (Lipinski definition) is 3. The molecule has 0 heterocycles. The smallest absolute Gasteiger partial charge is 0.338 e. The van der Waals surface area contributed by atoms with Gasteiger partial charge in [-0.1, -0.05) is 6.07 Å². The van der Waals surface area contributed by atoms with Crippen molar-refractivity contribution >= 4 is 11.9 Å². The van der Waals surface area contributed by atoms with Crippen molar-refractivity contribution in [3.63, 3.8) is 0 Å². The molecule has 1 N–H and O–H groups in total. The standard InChI is InChI=1S/C16H19NO3/c18-15(17-14-7-8-14)10-20-16(19)13-6-5-11-3-1-2-4-12(11)9-13/h5-6,9,14H,1-4,7-8,10H2,(H,17,18). The number of nitrogens with one attached hydrogen (secondary N) is 1. The number of fused-ring (bicyclic) bond motifs is 1. The van der Waals surface area contributed by atoms with Gasteiger partial charge in [-0.2, -0.15) is 0 Å². The topological polar surface area (TPSA) is 55.4 Å². The lowest BCUT2D eigenvalue weighted by molar-refractivity contribution is -0.124. The number of hydrogen-bond donors (Lipinski definition) is 1. The maximum Gasteiger partial charge on any atom is 0.338 e. The summed E-state index contributed by atoms with van der Waals surface area (Å²) in [6, 6.07) is 6.01. The van der Waals surface area contributed by atoms with E-state index >= 15 is 0 Å². The summed E-state index contributed by atoms with van der Waals surface area (Å²) in [4.78, 5) is 23.4. The van der Waals surface area contributed by atoms with Gasteiger partial charge in [0.25, 0.3) is 5.91 Å². The second-order valence-corrected chi connectivity index (χ2v) is 5.61. The number of carbonyl (C=O) groups is 2. The molecule has 20 heavy (non-hydrogen) atoms. The summed E-state index contributed by atoms with van der Waals surface area (Å²) in [6.45, 7) is -0.188. The summed E-state index contributed by atoms with van der Waals surface area (Å²) in [7, 11) is 0. The molecule has 0 atom stereocenters. The molecule has 0 aromatic heterocycles. The predicted octanol–water partition coefficient (Wildman–Crippen LogP) is 2.00. The fourth-order valence-electron chi connectivity index (χ4n) is 2.57. The SMILES string of the molecule is O=C(COC(=O)c1ccc2c(c1)CCCC2)NC1CC1. The highest BCUT2D eigenvalue weighted by Gasteiger charge is 2.23. The highest BCUT2D eigenvalue weighted by molar-refractivity contribution is 5.91. The Kier molecular flexibility index (Phi) is 3.72. The van der Waals surface area contributed by atoms with Crippen LogP contribution < -0.4 is 5.32 Å². The van der Waals surface area contributed by atoms with Crippen LogP contribution in [0.5, 0.6) is 0 Å². The Labute approximate surface area is 118 Å². The number of carbonyl (C=O) groups excluding carboxylic acids is 2. The average Bonchev–Trinajstić information content (AvgIpc) is 3.28. The van der Waals surface area contributed by atoms with Gasteiger partial charge in [-0.3, -0.25) is 4.79 Å². The van der Waals surface area contributed by atoms with Gasteiger partial charge in [-0.15, -0.1) is 0 Å². The van der Waals surface area contributed by atoms with Crippen molar-refractivity contribution in [1.82, 2.24) is 5.32 Å². The molecule has 0 spiro atoms.